The summed E-state index contributed by atoms with van der Waals surface area (Å²) < 4.78 is 0. The quantitative estimate of drug-likeness (QED) is 0.394. The van der Waals surface area contributed by atoms with Gasteiger partial charge in [-0.2, -0.15) is 0 Å². The molecule has 10 heavy (non-hydrogen) atoms. The highest BCUT2D eigenvalue weighted by Gasteiger charge is 2.04. The first-order chi connectivity index (χ1) is 4.29. The lowest BCUT2D eigenvalue weighted by Crippen LogP contribution is -2.40. The SMILES string of the molecule is CC(C)(N)CN.NC(=O)O. The highest BCUT2D eigenvalue weighted by Crippen LogP contribution is 1.88. The van der Waals surface area contributed by atoms with Crippen molar-refractivity contribution in [1.29, 1.82) is 0 Å². The van der Waals surface area contributed by atoms with Crippen LogP contribution in [0, 0.1) is 0 Å². The number of rotatable bonds is 1. The number of hydrogen-bond donors (Lipinski definition) is 4. The molecule has 0 aliphatic carbocycles. The number of carbonyl (C=O) groups is 1. The fourth-order valence-corrected chi connectivity index (χ4v) is 0. The minimum atomic E-state index is -1.33. The standard InChI is InChI=1S/C4H12N2.CH3NO2/c1-4(2,6)3-5;2-1(3)4/h3,5-6H2,1-2H3;2H2,(H,3,4). The van der Waals surface area contributed by atoms with Gasteiger partial charge in [-0.3, -0.25) is 0 Å². The van der Waals surface area contributed by atoms with Gasteiger partial charge in [0.25, 0.3) is 0 Å². The first kappa shape index (κ1) is 11.9. The van der Waals surface area contributed by atoms with Gasteiger partial charge in [0.1, 0.15) is 0 Å². The Hall–Kier alpha value is -0.810. The van der Waals surface area contributed by atoms with Gasteiger partial charge in [-0.25, -0.2) is 4.79 Å². The van der Waals surface area contributed by atoms with Crippen molar-refractivity contribution in [2.45, 2.75) is 19.4 Å². The largest absolute Gasteiger partial charge is 0.465 e. The number of primary amides is 1. The molecule has 0 rings (SSSR count). The Morgan fingerprint density at radius 3 is 1.70 bits per heavy atom. The first-order valence-electron chi connectivity index (χ1n) is 2.77. The molecule has 0 radical (unpaired) electrons. The van der Waals surface area contributed by atoms with Gasteiger partial charge in [-0.05, 0) is 13.8 Å². The molecule has 0 saturated heterocycles. The molecule has 5 nitrogen and oxygen atoms in total. The second-order valence-corrected chi connectivity index (χ2v) is 2.53. The van der Waals surface area contributed by atoms with Gasteiger partial charge in [0.15, 0.2) is 0 Å². The Kier molecular flexibility index (Phi) is 5.98. The van der Waals surface area contributed by atoms with Crippen LogP contribution in [0.5, 0.6) is 0 Å². The van der Waals surface area contributed by atoms with E-state index in [1.807, 2.05) is 13.8 Å². The normalized spacial score (nSPS) is 9.60. The molecule has 5 heteroatoms. The summed E-state index contributed by atoms with van der Waals surface area (Å²) >= 11 is 0. The van der Waals surface area contributed by atoms with Gasteiger partial charge in [0.05, 0.1) is 0 Å². The van der Waals surface area contributed by atoms with Crippen LogP contribution >= 0.6 is 0 Å². The number of nitrogens with two attached hydrogens (primary N) is 3. The van der Waals surface area contributed by atoms with Gasteiger partial charge in [0.2, 0.25) is 0 Å². The van der Waals surface area contributed by atoms with Gasteiger partial charge < -0.3 is 22.3 Å². The van der Waals surface area contributed by atoms with Crippen LogP contribution in [0.3, 0.4) is 0 Å². The summed E-state index contributed by atoms with van der Waals surface area (Å²) in [6.45, 7) is 4.34. The molecule has 0 aromatic carbocycles. The molecule has 0 atom stereocenters. The number of amides is 1. The smallest absolute Gasteiger partial charge is 0.402 e. The van der Waals surface area contributed by atoms with E-state index >= 15 is 0 Å². The van der Waals surface area contributed by atoms with Crippen molar-refractivity contribution in [2.24, 2.45) is 17.2 Å². The van der Waals surface area contributed by atoms with Gasteiger partial charge >= 0.3 is 6.09 Å². The Morgan fingerprint density at radius 1 is 1.60 bits per heavy atom. The highest BCUT2D eigenvalue weighted by atomic mass is 16.4. The van der Waals surface area contributed by atoms with Crippen molar-refractivity contribution < 1.29 is 9.90 Å². The minimum Gasteiger partial charge on any atom is -0.465 e. The maximum Gasteiger partial charge on any atom is 0.402 e. The molecule has 0 aromatic rings. The Bertz CT molecular complexity index is 93.6. The third kappa shape index (κ3) is 57.4. The lowest BCUT2D eigenvalue weighted by molar-refractivity contribution is 0.205. The summed E-state index contributed by atoms with van der Waals surface area (Å²) in [5.74, 6) is 0. The summed E-state index contributed by atoms with van der Waals surface area (Å²) in [7, 11) is 0. The van der Waals surface area contributed by atoms with Gasteiger partial charge in [-0.1, -0.05) is 0 Å². The van der Waals surface area contributed by atoms with Crippen molar-refractivity contribution in [3.63, 3.8) is 0 Å². The molecule has 0 aliphatic rings. The molecule has 62 valence electrons. The maximum absolute atomic E-state index is 8.78. The molecule has 0 fully saturated rings. The van der Waals surface area contributed by atoms with E-state index in [0.717, 1.165) is 0 Å². The fourth-order valence-electron chi connectivity index (χ4n) is 0. The summed E-state index contributed by atoms with van der Waals surface area (Å²) in [5, 5.41) is 7.19. The summed E-state index contributed by atoms with van der Waals surface area (Å²) in [4.78, 5) is 8.78. The minimum absolute atomic E-state index is 0.181. The van der Waals surface area contributed by atoms with Crippen LogP contribution in [-0.4, -0.2) is 23.3 Å². The van der Waals surface area contributed by atoms with E-state index in [0.29, 0.717) is 6.54 Å². The van der Waals surface area contributed by atoms with Crippen molar-refractivity contribution in [3.8, 4) is 0 Å². The molecule has 1 amide bonds. The van der Waals surface area contributed by atoms with Gasteiger partial charge in [-0.15, -0.1) is 0 Å². The molecule has 0 aliphatic heterocycles. The van der Waals surface area contributed by atoms with Crippen LogP contribution in [-0.2, 0) is 0 Å². The van der Waals surface area contributed by atoms with E-state index in [1.165, 1.54) is 0 Å². The van der Waals surface area contributed by atoms with Crippen LogP contribution < -0.4 is 17.2 Å². The molecule has 0 bridgehead atoms. The van der Waals surface area contributed by atoms with Crippen molar-refractivity contribution in [2.75, 3.05) is 6.54 Å². The second-order valence-electron chi connectivity index (χ2n) is 2.53. The van der Waals surface area contributed by atoms with Crippen LogP contribution in [0.4, 0.5) is 4.79 Å². The van der Waals surface area contributed by atoms with Crippen LogP contribution in [0.15, 0.2) is 0 Å². The predicted molar refractivity (Wildman–Crippen MR) is 39.5 cm³/mol. The van der Waals surface area contributed by atoms with Crippen LogP contribution in [0.25, 0.3) is 0 Å². The molecule has 0 unspecified atom stereocenters. The van der Waals surface area contributed by atoms with E-state index in [-0.39, 0.29) is 5.54 Å². The molecule has 0 spiro atoms. The zero-order valence-electron chi connectivity index (χ0n) is 6.29. The Labute approximate surface area is 60.2 Å². The molecule has 0 aromatic heterocycles. The monoisotopic (exact) mass is 149 g/mol. The summed E-state index contributed by atoms with van der Waals surface area (Å²) in [6, 6.07) is 0. The molecular formula is C5H15N3O2. The zero-order valence-corrected chi connectivity index (χ0v) is 6.29. The first-order valence-corrected chi connectivity index (χ1v) is 2.77. The number of carboxylic acid groups (broad SMARTS) is 1. The van der Waals surface area contributed by atoms with Crippen LogP contribution in [0.2, 0.25) is 0 Å². The van der Waals surface area contributed by atoms with Crippen molar-refractivity contribution in [1.82, 2.24) is 0 Å². The van der Waals surface area contributed by atoms with Crippen molar-refractivity contribution >= 4 is 6.09 Å². The third-order valence-electron chi connectivity index (χ3n) is 0.526. The average molecular weight is 149 g/mol. The Balaban J connectivity index is 0. The maximum atomic E-state index is 8.78. The van der Waals surface area contributed by atoms with E-state index < -0.39 is 6.09 Å². The summed E-state index contributed by atoms with van der Waals surface area (Å²) in [6.07, 6.45) is -1.33. The number of hydrogen-bond acceptors (Lipinski definition) is 3. The predicted octanol–water partition coefficient (Wildman–Crippen LogP) is -0.694. The average Bonchev–Trinajstić information content (AvgIpc) is 1.63. The third-order valence-corrected chi connectivity index (χ3v) is 0.526. The highest BCUT2D eigenvalue weighted by molar-refractivity contribution is 5.61. The molecule has 7 N–H and O–H groups in total. The second kappa shape index (κ2) is 5.01. The lowest BCUT2D eigenvalue weighted by Gasteiger charge is -2.13. The molecule has 0 heterocycles. The summed E-state index contributed by atoms with van der Waals surface area (Å²) in [5.41, 5.74) is 14.4. The van der Waals surface area contributed by atoms with Crippen molar-refractivity contribution in [3.05, 3.63) is 0 Å². The van der Waals surface area contributed by atoms with Gasteiger partial charge in [0, 0.05) is 12.1 Å². The van der Waals surface area contributed by atoms with E-state index in [2.05, 4.69) is 5.73 Å². The molecular weight excluding hydrogens is 134 g/mol. The fraction of sp³-hybridized carbons (Fsp3) is 0.800. The zero-order chi connectivity index (χ0) is 8.78. The molecule has 0 saturated carbocycles. The Morgan fingerprint density at radius 2 is 1.70 bits per heavy atom. The lowest BCUT2D eigenvalue weighted by atomic mass is 10.1. The van der Waals surface area contributed by atoms with E-state index in [9.17, 15) is 0 Å². The van der Waals surface area contributed by atoms with E-state index in [4.69, 9.17) is 21.4 Å². The topological polar surface area (TPSA) is 115 Å². The van der Waals surface area contributed by atoms with E-state index in [1.54, 1.807) is 0 Å². The van der Waals surface area contributed by atoms with Crippen LogP contribution in [0.1, 0.15) is 13.8 Å².